The predicted molar refractivity (Wildman–Crippen MR) is 68.3 cm³/mol. The average Bonchev–Trinajstić information content (AvgIpc) is 2.66. The highest BCUT2D eigenvalue weighted by Gasteiger charge is 2.27. The van der Waals surface area contributed by atoms with Crippen molar-refractivity contribution in [3.05, 3.63) is 29.8 Å². The zero-order valence-corrected chi connectivity index (χ0v) is 10.1. The molecule has 1 aromatic carbocycles. The van der Waals surface area contributed by atoms with Crippen molar-refractivity contribution < 1.29 is 4.79 Å². The van der Waals surface area contributed by atoms with Crippen LogP contribution in [0.15, 0.2) is 24.3 Å². The number of halogens is 1. The Bertz CT molecular complexity index is 345. The molecule has 0 saturated carbocycles. The van der Waals surface area contributed by atoms with E-state index in [-0.39, 0.29) is 18.1 Å². The van der Waals surface area contributed by atoms with Gasteiger partial charge in [-0.3, -0.25) is 10.1 Å². The molecule has 1 atom stereocenters. The van der Waals surface area contributed by atoms with Crippen LogP contribution in [0.4, 0.5) is 5.69 Å². The summed E-state index contributed by atoms with van der Waals surface area (Å²) in [7, 11) is 0. The van der Waals surface area contributed by atoms with Crippen LogP contribution in [0.25, 0.3) is 0 Å². The summed E-state index contributed by atoms with van der Waals surface area (Å²) in [6, 6.07) is 7.53. The lowest BCUT2D eigenvalue weighted by Gasteiger charge is -2.27. The van der Waals surface area contributed by atoms with E-state index in [0.717, 1.165) is 24.9 Å². The van der Waals surface area contributed by atoms with Crippen LogP contribution in [0.1, 0.15) is 30.1 Å². The number of hydrogen-bond donors (Lipinski definition) is 2. The molecule has 1 aromatic rings. The predicted octanol–water partition coefficient (Wildman–Crippen LogP) is 2.43. The van der Waals surface area contributed by atoms with Gasteiger partial charge in [-0.1, -0.05) is 0 Å². The molecule has 0 aromatic heterocycles. The Balaban J connectivity index is 0.00000128. The molecule has 0 radical (unpaired) electrons. The first-order chi connectivity index (χ1) is 7.22. The van der Waals surface area contributed by atoms with Gasteiger partial charge < -0.3 is 5.32 Å². The van der Waals surface area contributed by atoms with E-state index in [1.54, 1.807) is 0 Å². The van der Waals surface area contributed by atoms with Crippen molar-refractivity contribution in [2.75, 3.05) is 11.9 Å². The van der Waals surface area contributed by atoms with Crippen LogP contribution in [0.5, 0.6) is 0 Å². The highest BCUT2D eigenvalue weighted by Crippen LogP contribution is 2.21. The maximum Gasteiger partial charge on any atom is 0.150 e. The molecular formula is C12H17ClN2O. The maximum atomic E-state index is 10.5. The second-order valence-electron chi connectivity index (χ2n) is 4.23. The molecule has 0 bridgehead atoms. The van der Waals surface area contributed by atoms with Crippen molar-refractivity contribution in [2.45, 2.75) is 25.4 Å². The van der Waals surface area contributed by atoms with Crippen molar-refractivity contribution in [3.63, 3.8) is 0 Å². The second kappa shape index (κ2) is 5.32. The van der Waals surface area contributed by atoms with Crippen LogP contribution in [-0.4, -0.2) is 18.5 Å². The summed E-state index contributed by atoms with van der Waals surface area (Å²) in [5.41, 5.74) is 1.77. The zero-order chi connectivity index (χ0) is 10.7. The molecule has 3 nitrogen and oxygen atoms in total. The number of anilines is 1. The highest BCUT2D eigenvalue weighted by molar-refractivity contribution is 5.85. The molecule has 88 valence electrons. The summed E-state index contributed by atoms with van der Waals surface area (Å²) in [6.45, 7) is 3.23. The Hall–Kier alpha value is -1.06. The first-order valence-electron chi connectivity index (χ1n) is 5.30. The van der Waals surface area contributed by atoms with Crippen LogP contribution in [0.2, 0.25) is 0 Å². The van der Waals surface area contributed by atoms with E-state index < -0.39 is 0 Å². The number of nitrogens with one attached hydrogen (secondary N) is 2. The minimum Gasteiger partial charge on any atom is -0.367 e. The standard InChI is InChI=1S/C12H16N2O.ClH/c1-12(7-2-8-13-12)14-11-5-3-10(9-15)4-6-11;/h3-6,9,13-14H,2,7-8H2,1H3;1H/t12-;/m1./s1. The maximum absolute atomic E-state index is 10.5. The van der Waals surface area contributed by atoms with Gasteiger partial charge in [-0.2, -0.15) is 0 Å². The highest BCUT2D eigenvalue weighted by atomic mass is 35.5. The molecule has 0 amide bonds. The van der Waals surface area contributed by atoms with Crippen LogP contribution in [-0.2, 0) is 0 Å². The van der Waals surface area contributed by atoms with E-state index >= 15 is 0 Å². The van der Waals surface area contributed by atoms with E-state index in [4.69, 9.17) is 0 Å². The van der Waals surface area contributed by atoms with Crippen LogP contribution < -0.4 is 10.6 Å². The zero-order valence-electron chi connectivity index (χ0n) is 9.32. The average molecular weight is 241 g/mol. The number of benzene rings is 1. The van der Waals surface area contributed by atoms with Crippen LogP contribution >= 0.6 is 12.4 Å². The Kier molecular flexibility index (Phi) is 4.33. The topological polar surface area (TPSA) is 41.1 Å². The minimum atomic E-state index is 0. The number of carbonyl (C=O) groups is 1. The molecular weight excluding hydrogens is 224 g/mol. The Morgan fingerprint density at radius 3 is 2.56 bits per heavy atom. The van der Waals surface area contributed by atoms with Gasteiger partial charge >= 0.3 is 0 Å². The smallest absolute Gasteiger partial charge is 0.150 e. The Labute approximate surface area is 102 Å². The van der Waals surface area contributed by atoms with Crippen molar-refractivity contribution in [1.82, 2.24) is 5.32 Å². The molecule has 1 heterocycles. The third-order valence-electron chi connectivity index (χ3n) is 2.84. The van der Waals surface area contributed by atoms with Crippen molar-refractivity contribution in [3.8, 4) is 0 Å². The van der Waals surface area contributed by atoms with E-state index in [0.29, 0.717) is 5.56 Å². The molecule has 1 aliphatic heterocycles. The van der Waals surface area contributed by atoms with Crippen molar-refractivity contribution in [2.24, 2.45) is 0 Å². The lowest BCUT2D eigenvalue weighted by atomic mass is 10.1. The van der Waals surface area contributed by atoms with Gasteiger partial charge in [0.25, 0.3) is 0 Å². The van der Waals surface area contributed by atoms with Gasteiger partial charge in [0.1, 0.15) is 6.29 Å². The minimum absolute atomic E-state index is 0. The third-order valence-corrected chi connectivity index (χ3v) is 2.84. The molecule has 0 spiro atoms. The van der Waals surface area contributed by atoms with Crippen LogP contribution in [0.3, 0.4) is 0 Å². The summed E-state index contributed by atoms with van der Waals surface area (Å²) in [6.07, 6.45) is 3.19. The summed E-state index contributed by atoms with van der Waals surface area (Å²) >= 11 is 0. The van der Waals surface area contributed by atoms with Gasteiger partial charge in [0, 0.05) is 11.3 Å². The lowest BCUT2D eigenvalue weighted by molar-refractivity contribution is 0.112. The number of hydrogen-bond acceptors (Lipinski definition) is 3. The van der Waals surface area contributed by atoms with Crippen LogP contribution in [0, 0.1) is 0 Å². The summed E-state index contributed by atoms with van der Waals surface area (Å²) in [5, 5.41) is 6.87. The molecule has 2 N–H and O–H groups in total. The largest absolute Gasteiger partial charge is 0.367 e. The fourth-order valence-corrected chi connectivity index (χ4v) is 1.96. The molecule has 1 saturated heterocycles. The molecule has 1 fully saturated rings. The number of rotatable bonds is 3. The van der Waals surface area contributed by atoms with E-state index in [1.165, 1.54) is 6.42 Å². The van der Waals surface area contributed by atoms with Gasteiger partial charge in [0.15, 0.2) is 0 Å². The molecule has 1 aliphatic rings. The fraction of sp³-hybridized carbons (Fsp3) is 0.417. The van der Waals surface area contributed by atoms with Gasteiger partial charge in [0.05, 0.1) is 5.66 Å². The molecule has 0 aliphatic carbocycles. The molecule has 2 rings (SSSR count). The monoisotopic (exact) mass is 240 g/mol. The molecule has 16 heavy (non-hydrogen) atoms. The first-order valence-corrected chi connectivity index (χ1v) is 5.30. The lowest BCUT2D eigenvalue weighted by Crippen LogP contribution is -2.44. The summed E-state index contributed by atoms with van der Waals surface area (Å²) in [5.74, 6) is 0. The van der Waals surface area contributed by atoms with Gasteiger partial charge in [-0.05, 0) is 50.6 Å². The summed E-state index contributed by atoms with van der Waals surface area (Å²) < 4.78 is 0. The number of carbonyl (C=O) groups excluding carboxylic acids is 1. The quantitative estimate of drug-likeness (QED) is 0.798. The van der Waals surface area contributed by atoms with Crippen molar-refractivity contribution in [1.29, 1.82) is 0 Å². The fourth-order valence-electron chi connectivity index (χ4n) is 1.96. The molecule has 4 heteroatoms. The third kappa shape index (κ3) is 2.97. The normalized spacial score (nSPS) is 23.6. The second-order valence-corrected chi connectivity index (χ2v) is 4.23. The van der Waals surface area contributed by atoms with Gasteiger partial charge in [-0.25, -0.2) is 0 Å². The van der Waals surface area contributed by atoms with Gasteiger partial charge in [-0.15, -0.1) is 12.4 Å². The first kappa shape index (κ1) is 13.0. The SMILES string of the molecule is C[C@@]1(Nc2ccc(C=O)cc2)CCCN1.Cl. The van der Waals surface area contributed by atoms with E-state index in [2.05, 4.69) is 17.6 Å². The van der Waals surface area contributed by atoms with Gasteiger partial charge in [0.2, 0.25) is 0 Å². The Morgan fingerprint density at radius 2 is 2.06 bits per heavy atom. The van der Waals surface area contributed by atoms with E-state index in [1.807, 2.05) is 24.3 Å². The van der Waals surface area contributed by atoms with Crippen molar-refractivity contribution >= 4 is 24.4 Å². The van der Waals surface area contributed by atoms with E-state index in [9.17, 15) is 4.79 Å². The summed E-state index contributed by atoms with van der Waals surface area (Å²) in [4.78, 5) is 10.5. The Morgan fingerprint density at radius 1 is 1.38 bits per heavy atom. The molecule has 0 unspecified atom stereocenters. The number of aldehydes is 1.